The molecule has 0 aliphatic carbocycles. The molecule has 7 heteroatoms. The number of nitrogens with zero attached hydrogens (tertiary/aromatic N) is 1. The lowest BCUT2D eigenvalue weighted by Gasteiger charge is -2.08. The minimum Gasteiger partial charge on any atom is -0.370 e. The Bertz CT molecular complexity index is 444. The Morgan fingerprint density at radius 3 is 2.68 bits per heavy atom. The Balaban J connectivity index is 0.00000324. The smallest absolute Gasteiger partial charge is 0.370 e. The van der Waals surface area contributed by atoms with Crippen molar-refractivity contribution in [2.45, 2.75) is 12.7 Å². The summed E-state index contributed by atoms with van der Waals surface area (Å²) in [5.41, 5.74) is 5.27. The molecule has 106 valence electrons. The molecular formula is C12H15F3IN3. The van der Waals surface area contributed by atoms with Crippen LogP contribution in [0.25, 0.3) is 0 Å². The zero-order valence-corrected chi connectivity index (χ0v) is 12.4. The Labute approximate surface area is 126 Å². The number of aliphatic imine (C=N–C) groups is 1. The number of nitrogens with two attached hydrogens (primary N) is 1. The van der Waals surface area contributed by atoms with E-state index in [1.807, 2.05) is 0 Å². The van der Waals surface area contributed by atoms with E-state index in [4.69, 9.17) is 5.73 Å². The molecule has 1 aromatic carbocycles. The van der Waals surface area contributed by atoms with Crippen molar-refractivity contribution in [3.63, 3.8) is 0 Å². The van der Waals surface area contributed by atoms with Gasteiger partial charge in [0, 0.05) is 6.54 Å². The Hall–Kier alpha value is -1.25. The number of benzene rings is 1. The number of guanidine groups is 1. The number of hydrogen-bond acceptors (Lipinski definition) is 1. The van der Waals surface area contributed by atoms with Gasteiger partial charge < -0.3 is 11.1 Å². The lowest BCUT2D eigenvalue weighted by atomic mass is 10.1. The average molecular weight is 385 g/mol. The monoisotopic (exact) mass is 385 g/mol. The maximum Gasteiger partial charge on any atom is 0.416 e. The van der Waals surface area contributed by atoms with Crippen molar-refractivity contribution in [3.8, 4) is 0 Å². The van der Waals surface area contributed by atoms with Crippen LogP contribution in [0.15, 0.2) is 41.9 Å². The molecule has 0 bridgehead atoms. The van der Waals surface area contributed by atoms with Gasteiger partial charge in [-0.05, 0) is 17.7 Å². The predicted octanol–water partition coefficient (Wildman–Crippen LogP) is 2.91. The van der Waals surface area contributed by atoms with Gasteiger partial charge in [0.1, 0.15) is 0 Å². The fourth-order valence-corrected chi connectivity index (χ4v) is 1.26. The van der Waals surface area contributed by atoms with Crippen molar-refractivity contribution in [3.05, 3.63) is 48.0 Å². The SMILES string of the molecule is C=CCNC(N)=NCc1cccc(C(F)(F)F)c1.I. The van der Waals surface area contributed by atoms with Crippen molar-refractivity contribution < 1.29 is 13.2 Å². The maximum atomic E-state index is 12.4. The quantitative estimate of drug-likeness (QED) is 0.363. The third-order valence-corrected chi connectivity index (χ3v) is 2.11. The number of alkyl halides is 3. The van der Waals surface area contributed by atoms with Crippen molar-refractivity contribution >= 4 is 29.9 Å². The Morgan fingerprint density at radius 2 is 2.11 bits per heavy atom. The summed E-state index contributed by atoms with van der Waals surface area (Å²) in [6.07, 6.45) is -2.74. The maximum absolute atomic E-state index is 12.4. The van der Waals surface area contributed by atoms with Crippen LogP contribution in [0.5, 0.6) is 0 Å². The molecule has 0 fully saturated rings. The summed E-state index contributed by atoms with van der Waals surface area (Å²) in [5, 5.41) is 2.73. The van der Waals surface area contributed by atoms with E-state index in [1.54, 1.807) is 12.1 Å². The van der Waals surface area contributed by atoms with Gasteiger partial charge >= 0.3 is 6.18 Å². The summed E-state index contributed by atoms with van der Waals surface area (Å²) in [6.45, 7) is 4.04. The molecule has 3 N–H and O–H groups in total. The Morgan fingerprint density at radius 1 is 1.42 bits per heavy atom. The fraction of sp³-hybridized carbons (Fsp3) is 0.250. The van der Waals surface area contributed by atoms with Crippen LogP contribution in [-0.2, 0) is 12.7 Å². The van der Waals surface area contributed by atoms with Gasteiger partial charge in [-0.15, -0.1) is 30.6 Å². The van der Waals surface area contributed by atoms with Crippen LogP contribution < -0.4 is 11.1 Å². The van der Waals surface area contributed by atoms with E-state index in [0.29, 0.717) is 12.1 Å². The first kappa shape index (κ1) is 17.8. The van der Waals surface area contributed by atoms with Crippen LogP contribution in [0.3, 0.4) is 0 Å². The van der Waals surface area contributed by atoms with Crippen LogP contribution in [0, 0.1) is 0 Å². The number of nitrogens with one attached hydrogen (secondary N) is 1. The van der Waals surface area contributed by atoms with Crippen LogP contribution in [0.2, 0.25) is 0 Å². The zero-order valence-electron chi connectivity index (χ0n) is 10.1. The summed E-state index contributed by atoms with van der Waals surface area (Å²) < 4.78 is 37.3. The van der Waals surface area contributed by atoms with Gasteiger partial charge in [-0.2, -0.15) is 13.2 Å². The number of hydrogen-bond donors (Lipinski definition) is 2. The summed E-state index contributed by atoms with van der Waals surface area (Å²) in [4.78, 5) is 3.92. The first-order valence-corrected chi connectivity index (χ1v) is 5.24. The Kier molecular flexibility index (Phi) is 7.50. The molecule has 0 atom stereocenters. The van der Waals surface area contributed by atoms with Gasteiger partial charge in [-0.1, -0.05) is 18.2 Å². The fourth-order valence-electron chi connectivity index (χ4n) is 1.26. The van der Waals surface area contributed by atoms with Crippen LogP contribution in [0.1, 0.15) is 11.1 Å². The molecule has 0 heterocycles. The molecule has 0 aliphatic heterocycles. The minimum atomic E-state index is -4.34. The van der Waals surface area contributed by atoms with Crippen molar-refractivity contribution in [2.75, 3.05) is 6.54 Å². The first-order chi connectivity index (χ1) is 8.43. The molecule has 0 aliphatic rings. The van der Waals surface area contributed by atoms with E-state index in [0.717, 1.165) is 12.1 Å². The van der Waals surface area contributed by atoms with Crippen molar-refractivity contribution in [1.29, 1.82) is 0 Å². The van der Waals surface area contributed by atoms with Gasteiger partial charge in [-0.3, -0.25) is 0 Å². The van der Waals surface area contributed by atoms with Gasteiger partial charge in [0.25, 0.3) is 0 Å². The highest BCUT2D eigenvalue weighted by Crippen LogP contribution is 2.29. The van der Waals surface area contributed by atoms with E-state index in [9.17, 15) is 13.2 Å². The van der Waals surface area contributed by atoms with Gasteiger partial charge in [0.15, 0.2) is 5.96 Å². The molecule has 0 radical (unpaired) electrons. The van der Waals surface area contributed by atoms with E-state index in [2.05, 4.69) is 16.9 Å². The average Bonchev–Trinajstić information content (AvgIpc) is 2.33. The van der Waals surface area contributed by atoms with Crippen LogP contribution in [-0.4, -0.2) is 12.5 Å². The second-order valence-corrected chi connectivity index (χ2v) is 3.57. The standard InChI is InChI=1S/C12H14F3N3.HI/c1-2-6-17-11(16)18-8-9-4-3-5-10(7-9)12(13,14)15;/h2-5,7H,1,6,8H2,(H3,16,17,18);1H. The molecule has 1 rings (SSSR count). The lowest BCUT2D eigenvalue weighted by molar-refractivity contribution is -0.137. The molecule has 19 heavy (non-hydrogen) atoms. The van der Waals surface area contributed by atoms with Gasteiger partial charge in [0.2, 0.25) is 0 Å². The van der Waals surface area contributed by atoms with Crippen LogP contribution >= 0.6 is 24.0 Å². The molecule has 0 saturated heterocycles. The normalized spacial score (nSPS) is 11.6. The third-order valence-electron chi connectivity index (χ3n) is 2.11. The first-order valence-electron chi connectivity index (χ1n) is 5.24. The van der Waals surface area contributed by atoms with Crippen molar-refractivity contribution in [2.24, 2.45) is 10.7 Å². The van der Waals surface area contributed by atoms with E-state index < -0.39 is 11.7 Å². The molecule has 0 unspecified atom stereocenters. The number of halogens is 4. The summed E-state index contributed by atoms with van der Waals surface area (Å²) in [6, 6.07) is 5.00. The second kappa shape index (κ2) is 8.03. The number of rotatable bonds is 4. The summed E-state index contributed by atoms with van der Waals surface area (Å²) >= 11 is 0. The van der Waals surface area contributed by atoms with Crippen LogP contribution in [0.4, 0.5) is 13.2 Å². The molecule has 0 saturated carbocycles. The largest absolute Gasteiger partial charge is 0.416 e. The predicted molar refractivity (Wildman–Crippen MR) is 80.4 cm³/mol. The topological polar surface area (TPSA) is 50.4 Å². The van der Waals surface area contributed by atoms with Crippen molar-refractivity contribution in [1.82, 2.24) is 5.32 Å². The van der Waals surface area contributed by atoms with E-state index in [-0.39, 0.29) is 36.5 Å². The summed E-state index contributed by atoms with van der Waals surface area (Å²) in [7, 11) is 0. The highest BCUT2D eigenvalue weighted by Gasteiger charge is 2.30. The molecule has 0 aromatic heterocycles. The van der Waals surface area contributed by atoms with Gasteiger partial charge in [-0.25, -0.2) is 4.99 Å². The lowest BCUT2D eigenvalue weighted by Crippen LogP contribution is -2.31. The summed E-state index contributed by atoms with van der Waals surface area (Å²) in [5.74, 6) is 0.173. The highest BCUT2D eigenvalue weighted by molar-refractivity contribution is 14.0. The molecule has 1 aromatic rings. The highest BCUT2D eigenvalue weighted by atomic mass is 127. The van der Waals surface area contributed by atoms with Gasteiger partial charge in [0.05, 0.1) is 12.1 Å². The van der Waals surface area contributed by atoms with E-state index in [1.165, 1.54) is 6.07 Å². The molecule has 3 nitrogen and oxygen atoms in total. The minimum absolute atomic E-state index is 0. The molecule has 0 amide bonds. The zero-order chi connectivity index (χ0) is 13.6. The second-order valence-electron chi connectivity index (χ2n) is 3.57. The third kappa shape index (κ3) is 6.46. The van der Waals surface area contributed by atoms with E-state index >= 15 is 0 Å². The molecule has 0 spiro atoms. The molecular weight excluding hydrogens is 370 g/mol.